The molecule has 1 heterocycles. The molecular formula is C15H12BrFN2O2. The highest BCUT2D eigenvalue weighted by atomic mass is 79.9. The Morgan fingerprint density at radius 2 is 1.95 bits per heavy atom. The molecule has 21 heavy (non-hydrogen) atoms. The molecule has 0 amide bonds. The molecule has 3 rings (SSSR count). The lowest BCUT2D eigenvalue weighted by Gasteiger charge is -2.15. The predicted molar refractivity (Wildman–Crippen MR) is 82.6 cm³/mol. The van der Waals surface area contributed by atoms with Crippen LogP contribution >= 0.6 is 15.9 Å². The van der Waals surface area contributed by atoms with Gasteiger partial charge in [-0.25, -0.2) is 9.18 Å². The number of hydrogen-bond donors (Lipinski definition) is 2. The van der Waals surface area contributed by atoms with Crippen molar-refractivity contribution in [3.05, 3.63) is 63.8 Å². The number of fused-ring (bicyclic) bond motifs is 1. The molecule has 0 fully saturated rings. The maximum atomic E-state index is 14.1. The first-order chi connectivity index (χ1) is 10.1. The smallest absolute Gasteiger partial charge is 0.323 e. The van der Waals surface area contributed by atoms with Gasteiger partial charge in [0.25, 0.3) is 0 Å². The van der Waals surface area contributed by atoms with Crippen LogP contribution in [0.25, 0.3) is 11.0 Å². The first kappa shape index (κ1) is 13.9. The summed E-state index contributed by atoms with van der Waals surface area (Å²) in [7, 11) is 1.50. The summed E-state index contributed by atoms with van der Waals surface area (Å²) in [5.41, 5.74) is 2.37. The fraction of sp³-hybridized carbons (Fsp3) is 0.133. The van der Waals surface area contributed by atoms with E-state index in [2.05, 4.69) is 25.9 Å². The molecule has 108 valence electrons. The number of alkyl halides is 1. The number of nitrogens with one attached hydrogen (secondary N) is 2. The molecule has 0 spiro atoms. The molecule has 0 aliphatic carbocycles. The number of methoxy groups -OCH3 is 1. The zero-order valence-electron chi connectivity index (χ0n) is 11.1. The molecule has 0 saturated heterocycles. The van der Waals surface area contributed by atoms with E-state index >= 15 is 0 Å². The van der Waals surface area contributed by atoms with E-state index in [4.69, 9.17) is 4.74 Å². The normalized spacial score (nSPS) is 12.5. The van der Waals surface area contributed by atoms with Gasteiger partial charge in [-0.05, 0) is 29.8 Å². The van der Waals surface area contributed by atoms with Crippen LogP contribution in [-0.2, 0) is 0 Å². The van der Waals surface area contributed by atoms with E-state index < -0.39 is 0 Å². The number of benzene rings is 2. The second kappa shape index (κ2) is 5.37. The number of ether oxygens (including phenoxy) is 1. The second-order valence-electron chi connectivity index (χ2n) is 4.60. The summed E-state index contributed by atoms with van der Waals surface area (Å²) < 4.78 is 19.3. The van der Waals surface area contributed by atoms with Crippen LogP contribution in [0.1, 0.15) is 16.0 Å². The number of H-pyrrole nitrogens is 2. The van der Waals surface area contributed by atoms with Crippen LogP contribution in [0, 0.1) is 5.82 Å². The molecular weight excluding hydrogens is 339 g/mol. The van der Waals surface area contributed by atoms with Crippen molar-refractivity contribution in [1.82, 2.24) is 9.97 Å². The SMILES string of the molecule is COc1cccc(F)c1C(Br)c1ccc2[nH]c(=O)[nH]c2c1. The van der Waals surface area contributed by atoms with E-state index in [1.165, 1.54) is 13.2 Å². The molecule has 2 N–H and O–H groups in total. The third-order valence-electron chi connectivity index (χ3n) is 3.32. The number of halogens is 2. The Labute approximate surface area is 128 Å². The van der Waals surface area contributed by atoms with Crippen molar-refractivity contribution >= 4 is 27.0 Å². The third-order valence-corrected chi connectivity index (χ3v) is 4.31. The fourth-order valence-electron chi connectivity index (χ4n) is 2.32. The second-order valence-corrected chi connectivity index (χ2v) is 5.52. The molecule has 4 nitrogen and oxygen atoms in total. The van der Waals surface area contributed by atoms with Gasteiger partial charge in [0.1, 0.15) is 11.6 Å². The summed E-state index contributed by atoms with van der Waals surface area (Å²) in [5.74, 6) is 0.124. The highest BCUT2D eigenvalue weighted by molar-refractivity contribution is 9.09. The van der Waals surface area contributed by atoms with Crippen LogP contribution < -0.4 is 10.4 Å². The molecule has 1 unspecified atom stereocenters. The Bertz CT molecular complexity index is 856. The Morgan fingerprint density at radius 3 is 2.71 bits per heavy atom. The molecule has 0 aliphatic rings. The first-order valence-electron chi connectivity index (χ1n) is 6.28. The molecule has 6 heteroatoms. The van der Waals surface area contributed by atoms with Gasteiger partial charge >= 0.3 is 5.69 Å². The number of rotatable bonds is 3. The van der Waals surface area contributed by atoms with Crippen LogP contribution in [0.4, 0.5) is 4.39 Å². The highest BCUT2D eigenvalue weighted by Gasteiger charge is 2.20. The zero-order valence-corrected chi connectivity index (χ0v) is 12.7. The van der Waals surface area contributed by atoms with Gasteiger partial charge in [0.2, 0.25) is 0 Å². The quantitative estimate of drug-likeness (QED) is 0.710. The van der Waals surface area contributed by atoms with Gasteiger partial charge in [-0.3, -0.25) is 0 Å². The third kappa shape index (κ3) is 2.47. The van der Waals surface area contributed by atoms with Crippen molar-refractivity contribution in [2.75, 3.05) is 7.11 Å². The van der Waals surface area contributed by atoms with Gasteiger partial charge in [-0.15, -0.1) is 0 Å². The van der Waals surface area contributed by atoms with Crippen molar-refractivity contribution in [1.29, 1.82) is 0 Å². The van der Waals surface area contributed by atoms with Gasteiger partial charge in [0.05, 0.1) is 23.0 Å². The predicted octanol–water partition coefficient (Wildman–Crippen LogP) is 3.49. The van der Waals surface area contributed by atoms with Crippen molar-refractivity contribution in [3.8, 4) is 5.75 Å². The minimum atomic E-state index is -0.378. The molecule has 2 aromatic carbocycles. The molecule has 1 aromatic heterocycles. The van der Waals surface area contributed by atoms with Crippen molar-refractivity contribution < 1.29 is 9.13 Å². The monoisotopic (exact) mass is 350 g/mol. The molecule has 0 aliphatic heterocycles. The van der Waals surface area contributed by atoms with Crippen LogP contribution in [0.15, 0.2) is 41.2 Å². The summed E-state index contributed by atoms with van der Waals surface area (Å²) in [5, 5.41) is 0. The lowest BCUT2D eigenvalue weighted by atomic mass is 10.0. The fourth-order valence-corrected chi connectivity index (χ4v) is 3.04. The van der Waals surface area contributed by atoms with E-state index in [1.807, 2.05) is 6.07 Å². The summed E-state index contributed by atoms with van der Waals surface area (Å²) >= 11 is 3.51. The summed E-state index contributed by atoms with van der Waals surface area (Å²) in [6.45, 7) is 0. The van der Waals surface area contributed by atoms with Gasteiger partial charge in [0, 0.05) is 5.56 Å². The van der Waals surface area contributed by atoms with E-state index in [0.29, 0.717) is 22.3 Å². The summed E-state index contributed by atoms with van der Waals surface area (Å²) in [6.07, 6.45) is 0. The number of imidazole rings is 1. The largest absolute Gasteiger partial charge is 0.496 e. The van der Waals surface area contributed by atoms with Crippen molar-refractivity contribution in [2.45, 2.75) is 4.83 Å². The van der Waals surface area contributed by atoms with Crippen LogP contribution in [0.3, 0.4) is 0 Å². The van der Waals surface area contributed by atoms with Crippen LogP contribution in [0.2, 0.25) is 0 Å². The first-order valence-corrected chi connectivity index (χ1v) is 7.20. The van der Waals surface area contributed by atoms with E-state index in [0.717, 1.165) is 5.56 Å². The van der Waals surface area contributed by atoms with Gasteiger partial charge < -0.3 is 14.7 Å². The summed E-state index contributed by atoms with van der Waals surface area (Å²) in [4.78, 5) is 16.3. The maximum Gasteiger partial charge on any atom is 0.323 e. The Kier molecular flexibility index (Phi) is 3.55. The lowest BCUT2D eigenvalue weighted by Crippen LogP contribution is -2.00. The minimum Gasteiger partial charge on any atom is -0.496 e. The minimum absolute atomic E-state index is 0.267. The number of aromatic amines is 2. The summed E-state index contributed by atoms with van der Waals surface area (Å²) in [6, 6.07) is 10.1. The van der Waals surface area contributed by atoms with Crippen LogP contribution in [-0.4, -0.2) is 17.1 Å². The van der Waals surface area contributed by atoms with Crippen LogP contribution in [0.5, 0.6) is 5.75 Å². The maximum absolute atomic E-state index is 14.1. The highest BCUT2D eigenvalue weighted by Crippen LogP contribution is 2.38. The average Bonchev–Trinajstić information content (AvgIpc) is 2.85. The Balaban J connectivity index is 2.11. The molecule has 0 bridgehead atoms. The molecule has 0 radical (unpaired) electrons. The van der Waals surface area contributed by atoms with Gasteiger partial charge in [-0.2, -0.15) is 0 Å². The molecule has 0 saturated carbocycles. The van der Waals surface area contributed by atoms with E-state index in [1.54, 1.807) is 24.3 Å². The Hall–Kier alpha value is -2.08. The molecule has 1 atom stereocenters. The van der Waals surface area contributed by atoms with Gasteiger partial charge in [-0.1, -0.05) is 28.1 Å². The standard InChI is InChI=1S/C15H12BrFN2O2/c1-21-12-4-2-3-9(17)13(12)14(16)8-5-6-10-11(7-8)19-15(20)18-10/h2-7,14H,1H3,(H2,18,19,20). The van der Waals surface area contributed by atoms with E-state index in [9.17, 15) is 9.18 Å². The topological polar surface area (TPSA) is 57.9 Å². The lowest BCUT2D eigenvalue weighted by molar-refractivity contribution is 0.405. The van der Waals surface area contributed by atoms with Crippen molar-refractivity contribution in [3.63, 3.8) is 0 Å². The Morgan fingerprint density at radius 1 is 1.19 bits per heavy atom. The average molecular weight is 351 g/mol. The number of hydrogen-bond acceptors (Lipinski definition) is 2. The number of aromatic nitrogens is 2. The van der Waals surface area contributed by atoms with E-state index in [-0.39, 0.29) is 16.3 Å². The van der Waals surface area contributed by atoms with Gasteiger partial charge in [0.15, 0.2) is 0 Å². The zero-order chi connectivity index (χ0) is 15.0. The molecule has 3 aromatic rings. The van der Waals surface area contributed by atoms with Crippen molar-refractivity contribution in [2.24, 2.45) is 0 Å².